The van der Waals surface area contributed by atoms with Gasteiger partial charge in [0.05, 0.1) is 12.9 Å². The van der Waals surface area contributed by atoms with Crippen molar-refractivity contribution in [3.05, 3.63) is 11.8 Å². The van der Waals surface area contributed by atoms with Crippen LogP contribution in [0.25, 0.3) is 0 Å². The van der Waals surface area contributed by atoms with E-state index in [1.807, 2.05) is 6.26 Å². The summed E-state index contributed by atoms with van der Waals surface area (Å²) in [6.07, 6.45) is 11.6. The van der Waals surface area contributed by atoms with Gasteiger partial charge in [0.2, 0.25) is 0 Å². The minimum atomic E-state index is 0.891. The van der Waals surface area contributed by atoms with Gasteiger partial charge in [0, 0.05) is 5.25 Å². The molecule has 1 heterocycles. The highest BCUT2D eigenvalue weighted by atomic mass is 32.2. The second-order valence-corrected chi connectivity index (χ2v) is 6.31. The Morgan fingerprint density at radius 3 is 2.88 bits per heavy atom. The molecule has 0 aromatic heterocycles. The van der Waals surface area contributed by atoms with Crippen LogP contribution in [0.4, 0.5) is 0 Å². The Labute approximate surface area is 105 Å². The molecule has 1 atom stereocenters. The van der Waals surface area contributed by atoms with Crippen molar-refractivity contribution in [2.75, 3.05) is 12.4 Å². The Bertz CT molecular complexity index is 189. The predicted octanol–water partition coefficient (Wildman–Crippen LogP) is 4.77. The van der Waals surface area contributed by atoms with E-state index in [1.54, 1.807) is 0 Å². The van der Waals surface area contributed by atoms with Gasteiger partial charge in [-0.05, 0) is 50.9 Å². The van der Waals surface area contributed by atoms with Crippen LogP contribution in [0.3, 0.4) is 0 Å². The second-order valence-electron chi connectivity index (χ2n) is 4.90. The molecule has 0 spiro atoms. The highest BCUT2D eigenvalue weighted by molar-refractivity contribution is 7.99. The molecule has 0 aliphatic carbocycles. The van der Waals surface area contributed by atoms with Crippen LogP contribution in [0.2, 0.25) is 0 Å². The maximum atomic E-state index is 5.47. The predicted molar refractivity (Wildman–Crippen MR) is 73.9 cm³/mol. The van der Waals surface area contributed by atoms with E-state index >= 15 is 0 Å². The molecule has 0 aromatic carbocycles. The molecule has 1 saturated heterocycles. The van der Waals surface area contributed by atoms with E-state index < -0.39 is 0 Å². The SMILES string of the molecule is CC(C)=COCCCC1CCCCCCS1. The molecule has 0 radical (unpaired) electrons. The maximum Gasteiger partial charge on any atom is 0.0873 e. The smallest absolute Gasteiger partial charge is 0.0873 e. The number of allylic oxidation sites excluding steroid dienone is 1. The summed E-state index contributed by atoms with van der Waals surface area (Å²) in [6.45, 7) is 5.04. The van der Waals surface area contributed by atoms with Gasteiger partial charge in [0.25, 0.3) is 0 Å². The molecule has 16 heavy (non-hydrogen) atoms. The van der Waals surface area contributed by atoms with E-state index in [9.17, 15) is 0 Å². The lowest BCUT2D eigenvalue weighted by Crippen LogP contribution is -2.07. The molecule has 1 aliphatic heterocycles. The van der Waals surface area contributed by atoms with Crippen LogP contribution in [0.5, 0.6) is 0 Å². The normalized spacial score (nSPS) is 22.0. The summed E-state index contributed by atoms with van der Waals surface area (Å²) in [6, 6.07) is 0. The summed E-state index contributed by atoms with van der Waals surface area (Å²) < 4.78 is 5.47. The van der Waals surface area contributed by atoms with Crippen LogP contribution in [-0.2, 0) is 4.74 Å². The van der Waals surface area contributed by atoms with Gasteiger partial charge < -0.3 is 4.74 Å². The zero-order valence-electron chi connectivity index (χ0n) is 10.8. The summed E-state index contributed by atoms with van der Waals surface area (Å²) in [5, 5.41) is 0.899. The van der Waals surface area contributed by atoms with Gasteiger partial charge in [-0.15, -0.1) is 0 Å². The fourth-order valence-corrected chi connectivity index (χ4v) is 3.38. The summed E-state index contributed by atoms with van der Waals surface area (Å²) in [7, 11) is 0. The molecule has 94 valence electrons. The fraction of sp³-hybridized carbons (Fsp3) is 0.857. The number of rotatable bonds is 5. The van der Waals surface area contributed by atoms with Crippen molar-refractivity contribution < 1.29 is 4.74 Å². The molecular weight excluding hydrogens is 216 g/mol. The lowest BCUT2D eigenvalue weighted by Gasteiger charge is -2.18. The third-order valence-electron chi connectivity index (χ3n) is 2.88. The van der Waals surface area contributed by atoms with Crippen LogP contribution in [-0.4, -0.2) is 17.6 Å². The number of hydrogen-bond donors (Lipinski definition) is 0. The van der Waals surface area contributed by atoms with Gasteiger partial charge >= 0.3 is 0 Å². The standard InChI is InChI=1S/C14H26OS/c1-13(2)12-15-10-7-9-14-8-5-3-4-6-11-16-14/h12,14H,3-11H2,1-2H3. The molecule has 2 heteroatoms. The molecule has 1 unspecified atom stereocenters. The zero-order chi connectivity index (χ0) is 11.6. The van der Waals surface area contributed by atoms with E-state index in [1.165, 1.54) is 56.3 Å². The van der Waals surface area contributed by atoms with Crippen molar-refractivity contribution in [1.29, 1.82) is 0 Å². The summed E-state index contributed by atoms with van der Waals surface area (Å²) in [5.74, 6) is 1.37. The van der Waals surface area contributed by atoms with Gasteiger partial charge in [0.1, 0.15) is 0 Å². The highest BCUT2D eigenvalue weighted by Gasteiger charge is 2.11. The monoisotopic (exact) mass is 242 g/mol. The van der Waals surface area contributed by atoms with Crippen LogP contribution >= 0.6 is 11.8 Å². The Morgan fingerprint density at radius 1 is 1.25 bits per heavy atom. The van der Waals surface area contributed by atoms with Crippen molar-refractivity contribution in [2.45, 2.75) is 64.0 Å². The molecule has 0 aromatic rings. The van der Waals surface area contributed by atoms with Gasteiger partial charge in [0.15, 0.2) is 0 Å². The molecule has 0 N–H and O–H groups in total. The van der Waals surface area contributed by atoms with Gasteiger partial charge in [-0.2, -0.15) is 11.8 Å². The first-order valence-corrected chi connectivity index (χ1v) is 7.70. The molecular formula is C14H26OS. The zero-order valence-corrected chi connectivity index (χ0v) is 11.7. The Hall–Kier alpha value is -0.110. The van der Waals surface area contributed by atoms with Crippen molar-refractivity contribution in [3.63, 3.8) is 0 Å². The van der Waals surface area contributed by atoms with E-state index in [0.29, 0.717) is 0 Å². The van der Waals surface area contributed by atoms with Crippen LogP contribution < -0.4 is 0 Å². The van der Waals surface area contributed by atoms with Crippen molar-refractivity contribution in [2.24, 2.45) is 0 Å². The molecule has 1 aliphatic rings. The first kappa shape index (κ1) is 14.0. The average Bonchev–Trinajstić information content (AvgIpc) is 2.19. The van der Waals surface area contributed by atoms with Crippen LogP contribution in [0.1, 0.15) is 58.8 Å². The lowest BCUT2D eigenvalue weighted by molar-refractivity contribution is 0.238. The van der Waals surface area contributed by atoms with E-state index in [4.69, 9.17) is 4.74 Å². The van der Waals surface area contributed by atoms with E-state index in [0.717, 1.165) is 11.9 Å². The topological polar surface area (TPSA) is 9.23 Å². The number of ether oxygens (including phenoxy) is 1. The first-order valence-electron chi connectivity index (χ1n) is 6.65. The van der Waals surface area contributed by atoms with Crippen LogP contribution in [0, 0.1) is 0 Å². The van der Waals surface area contributed by atoms with Gasteiger partial charge in [-0.25, -0.2) is 0 Å². The molecule has 0 amide bonds. The Kier molecular flexibility index (Phi) is 7.83. The lowest BCUT2D eigenvalue weighted by atomic mass is 10.1. The van der Waals surface area contributed by atoms with Crippen molar-refractivity contribution in [1.82, 2.24) is 0 Å². The highest BCUT2D eigenvalue weighted by Crippen LogP contribution is 2.26. The first-order chi connectivity index (χ1) is 7.79. The van der Waals surface area contributed by atoms with Crippen molar-refractivity contribution >= 4 is 11.8 Å². The quantitative estimate of drug-likeness (QED) is 0.507. The summed E-state index contributed by atoms with van der Waals surface area (Å²) in [4.78, 5) is 0. The molecule has 0 bridgehead atoms. The second kappa shape index (κ2) is 8.98. The third kappa shape index (κ3) is 7.21. The van der Waals surface area contributed by atoms with Gasteiger partial charge in [-0.1, -0.05) is 19.3 Å². The number of thioether (sulfide) groups is 1. The largest absolute Gasteiger partial charge is 0.501 e. The molecule has 1 nitrogen and oxygen atoms in total. The average molecular weight is 242 g/mol. The Balaban J connectivity index is 2.04. The third-order valence-corrected chi connectivity index (χ3v) is 4.35. The minimum absolute atomic E-state index is 0.891. The molecule has 1 fully saturated rings. The number of hydrogen-bond acceptors (Lipinski definition) is 2. The fourth-order valence-electron chi connectivity index (χ4n) is 2.01. The molecule has 1 rings (SSSR count). The van der Waals surface area contributed by atoms with Crippen LogP contribution in [0.15, 0.2) is 11.8 Å². The summed E-state index contributed by atoms with van der Waals surface area (Å²) >= 11 is 2.19. The van der Waals surface area contributed by atoms with E-state index in [2.05, 4.69) is 25.6 Å². The van der Waals surface area contributed by atoms with Gasteiger partial charge in [-0.3, -0.25) is 0 Å². The maximum absolute atomic E-state index is 5.47. The summed E-state index contributed by atoms with van der Waals surface area (Å²) in [5.41, 5.74) is 1.25. The minimum Gasteiger partial charge on any atom is -0.501 e. The molecule has 0 saturated carbocycles. The van der Waals surface area contributed by atoms with Crippen molar-refractivity contribution in [3.8, 4) is 0 Å². The van der Waals surface area contributed by atoms with E-state index in [-0.39, 0.29) is 0 Å². The Morgan fingerprint density at radius 2 is 2.06 bits per heavy atom.